The molecule has 5 aliphatic rings. The number of phenols is 1. The topological polar surface area (TPSA) is 198 Å². The van der Waals surface area contributed by atoms with Gasteiger partial charge in [0.15, 0.2) is 0 Å². The number of hydrogen-bond acceptors (Lipinski definition) is 13. The number of carbonyl (C=O) groups is 5. The van der Waals surface area contributed by atoms with Gasteiger partial charge in [-0.15, -0.1) is 0 Å². The van der Waals surface area contributed by atoms with Crippen molar-refractivity contribution in [2.75, 3.05) is 20.2 Å². The number of methoxy groups -OCH3 is 1. The number of carbonyl (C=O) groups excluding carboxylic acids is 5. The number of esters is 1. The van der Waals surface area contributed by atoms with Crippen LogP contribution in [0.1, 0.15) is 104 Å². The number of aromatic hydroxyl groups is 1. The van der Waals surface area contributed by atoms with E-state index in [2.05, 4.69) is 17.4 Å². The van der Waals surface area contributed by atoms with Crippen molar-refractivity contribution in [3.05, 3.63) is 106 Å². The molecule has 4 heterocycles. The second kappa shape index (κ2) is 19.0. The number of aliphatic hydroxyl groups excluding tert-OH is 2. The highest BCUT2D eigenvalue weighted by molar-refractivity contribution is 6.32. The van der Waals surface area contributed by atoms with E-state index in [0.717, 1.165) is 6.42 Å². The molecule has 14 nitrogen and oxygen atoms in total. The number of rotatable bonds is 5. The van der Waals surface area contributed by atoms with E-state index in [1.165, 1.54) is 58.8 Å². The van der Waals surface area contributed by atoms with Crippen LogP contribution in [0.15, 0.2) is 77.9 Å². The number of piperidine rings is 1. The number of nitrogens with zero attached hydrogens (tertiary/aromatic N) is 1. The average molecular weight is 869 g/mol. The molecular weight excluding hydrogens is 809 g/mol. The third-order valence-corrected chi connectivity index (χ3v) is 13.2. The number of ether oxygens (including phenoxy) is 4. The molecule has 2 aromatic carbocycles. The molecule has 7 rings (SSSR count). The maximum Gasteiger partial charge on any atom is 0.312 e. The zero-order valence-electron chi connectivity index (χ0n) is 37.5. The van der Waals surface area contributed by atoms with Gasteiger partial charge in [0.25, 0.3) is 11.7 Å². The van der Waals surface area contributed by atoms with Crippen LogP contribution in [-0.2, 0) is 30.2 Å². The van der Waals surface area contributed by atoms with Crippen LogP contribution < -0.4 is 10.1 Å². The van der Waals surface area contributed by atoms with E-state index >= 15 is 4.79 Å². The van der Waals surface area contributed by atoms with Crippen molar-refractivity contribution in [3.63, 3.8) is 0 Å². The molecule has 63 heavy (non-hydrogen) atoms. The lowest BCUT2D eigenvalue weighted by Crippen LogP contribution is -2.46. The van der Waals surface area contributed by atoms with Crippen molar-refractivity contribution in [3.8, 4) is 11.5 Å². The van der Waals surface area contributed by atoms with Crippen LogP contribution in [0.4, 0.5) is 0 Å². The third-order valence-electron chi connectivity index (χ3n) is 13.2. The van der Waals surface area contributed by atoms with Crippen LogP contribution in [-0.4, -0.2) is 99.8 Å². The van der Waals surface area contributed by atoms with E-state index in [1.807, 2.05) is 18.2 Å². The van der Waals surface area contributed by atoms with Crippen LogP contribution >= 0.6 is 0 Å². The van der Waals surface area contributed by atoms with E-state index in [9.17, 15) is 34.5 Å². The number of amides is 1. The lowest BCUT2D eigenvalue weighted by molar-refractivity contribution is -0.160. The fraction of sp³-hybridized carbons (Fsp3) is 0.490. The van der Waals surface area contributed by atoms with Gasteiger partial charge in [-0.3, -0.25) is 24.0 Å². The molecule has 9 atom stereocenters. The predicted octanol–water partition coefficient (Wildman–Crippen LogP) is 5.91. The molecule has 5 bridgehead atoms. The minimum atomic E-state index is -2.08. The molecule has 4 N–H and O–H groups in total. The summed E-state index contributed by atoms with van der Waals surface area (Å²) < 4.78 is 23.7. The highest BCUT2D eigenvalue weighted by atomic mass is 16.7. The van der Waals surface area contributed by atoms with Crippen molar-refractivity contribution in [1.82, 2.24) is 10.2 Å². The first kappa shape index (κ1) is 46.9. The van der Waals surface area contributed by atoms with Gasteiger partial charge in [-0.05, 0) is 50.7 Å². The van der Waals surface area contributed by atoms with Crippen molar-refractivity contribution in [2.24, 2.45) is 29.6 Å². The minimum absolute atomic E-state index is 0.0165. The zero-order valence-corrected chi connectivity index (χ0v) is 37.5. The van der Waals surface area contributed by atoms with Gasteiger partial charge in [-0.1, -0.05) is 76.3 Å². The van der Waals surface area contributed by atoms with E-state index in [0.29, 0.717) is 25.9 Å². The lowest BCUT2D eigenvalue weighted by atomic mass is 9.78. The van der Waals surface area contributed by atoms with Crippen LogP contribution in [0, 0.1) is 36.5 Å². The Morgan fingerprint density at radius 3 is 2.21 bits per heavy atom. The zero-order chi connectivity index (χ0) is 46.1. The monoisotopic (exact) mass is 868 g/mol. The normalized spacial score (nSPS) is 31.7. The van der Waals surface area contributed by atoms with E-state index in [4.69, 9.17) is 18.9 Å². The largest absolute Gasteiger partial charge is 0.507 e. The number of benzene rings is 2. The van der Waals surface area contributed by atoms with Gasteiger partial charge in [-0.2, -0.15) is 0 Å². The Morgan fingerprint density at radius 1 is 0.905 bits per heavy atom. The highest BCUT2D eigenvalue weighted by Gasteiger charge is 2.53. The Labute approximate surface area is 368 Å². The predicted molar refractivity (Wildman–Crippen MR) is 233 cm³/mol. The maximum absolute atomic E-state index is 15.1. The number of fused-ring (bicyclic) bond motifs is 14. The number of phenolic OH excluding ortho intramolecular Hbond substituents is 1. The fourth-order valence-corrected chi connectivity index (χ4v) is 9.29. The number of Topliss-reactive ketones (excluding diaryl/α,β-unsaturated/α-hetero) is 3. The minimum Gasteiger partial charge on any atom is -0.507 e. The molecular formula is C49H60N2O12. The Morgan fingerprint density at radius 2 is 1.57 bits per heavy atom. The Balaban J connectivity index is 1.45. The second-order valence-corrected chi connectivity index (χ2v) is 17.6. The summed E-state index contributed by atoms with van der Waals surface area (Å²) in [5.74, 6) is -8.65. The van der Waals surface area contributed by atoms with Gasteiger partial charge in [0.2, 0.25) is 11.6 Å². The molecule has 1 saturated heterocycles. The van der Waals surface area contributed by atoms with Crippen LogP contribution in [0.5, 0.6) is 11.5 Å². The quantitative estimate of drug-likeness (QED) is 0.259. The first-order chi connectivity index (χ1) is 29.8. The highest BCUT2D eigenvalue weighted by Crippen LogP contribution is 2.49. The average Bonchev–Trinajstić information content (AvgIpc) is 3.52. The summed E-state index contributed by atoms with van der Waals surface area (Å²) in [5, 5.41) is 37.3. The number of hydrogen-bond donors (Lipinski definition) is 4. The number of aliphatic hydroxyl groups is 2. The van der Waals surface area contributed by atoms with Crippen molar-refractivity contribution >= 4 is 29.2 Å². The molecule has 14 heteroatoms. The molecule has 0 radical (unpaired) electrons. The molecule has 0 spiro atoms. The van der Waals surface area contributed by atoms with Crippen molar-refractivity contribution in [1.29, 1.82) is 0 Å². The molecule has 1 fully saturated rings. The van der Waals surface area contributed by atoms with Gasteiger partial charge in [0.1, 0.15) is 29.0 Å². The molecule has 1 aliphatic carbocycles. The summed E-state index contributed by atoms with van der Waals surface area (Å²) in [6.07, 6.45) is 5.72. The summed E-state index contributed by atoms with van der Waals surface area (Å²) in [6.45, 7) is 13.3. The number of ketones is 3. The molecule has 338 valence electrons. The standard InChI is InChI=1S/C49H60N2O12/c1-25-14-13-15-26(2)48(59)50-38-39(51-21-18-33(19-22-51)24-32-16-11-10-12-17-32)44(57)35-36(43(38)56)42(55)30(6)46-37(35)47(58)49(8,63-46)61-23-20-34(60-9)27(3)45(62-31(7)52)29(5)41(54)28(4)40(25)53/h10-17,20,23,25,27-29,33-34,40-41,45,53-55H,18-19,21-22,24H2,1-9H3,(H,50,59)/b14-13+,23-20+,26-15-. The van der Waals surface area contributed by atoms with Gasteiger partial charge >= 0.3 is 11.8 Å². The Kier molecular flexibility index (Phi) is 14.2. The van der Waals surface area contributed by atoms with Gasteiger partial charge < -0.3 is 44.5 Å². The Hall–Kier alpha value is -5.57. The number of nitrogens with one attached hydrogen (secondary N) is 1. The van der Waals surface area contributed by atoms with E-state index in [-0.39, 0.29) is 45.3 Å². The first-order valence-electron chi connectivity index (χ1n) is 21.6. The Bertz CT molecular complexity index is 2250. The third kappa shape index (κ3) is 9.25. The van der Waals surface area contributed by atoms with Crippen molar-refractivity contribution in [2.45, 2.75) is 105 Å². The molecule has 0 aromatic heterocycles. The SMILES string of the molecule is COC1/C=C/OC2(C)Oc3c(C)c(O)c4c(c3C2=O)C(=O)C(N2CCC(Cc3ccccc3)CC2)=C(NC(=O)/C(C)=C\C=C\C(C)C(O)C(C)C(O)C(C)C(OC(C)=O)C1C)C4=O. The smallest absolute Gasteiger partial charge is 0.312 e. The summed E-state index contributed by atoms with van der Waals surface area (Å²) in [6, 6.07) is 10.1. The molecule has 2 aromatic rings. The first-order valence-corrected chi connectivity index (χ1v) is 21.6. The summed E-state index contributed by atoms with van der Waals surface area (Å²) in [4.78, 5) is 72.4. The van der Waals surface area contributed by atoms with Crippen molar-refractivity contribution < 1.29 is 58.2 Å². The second-order valence-electron chi connectivity index (χ2n) is 17.6. The van der Waals surface area contributed by atoms with E-state index in [1.54, 1.807) is 44.7 Å². The molecule has 9 unspecified atom stereocenters. The van der Waals surface area contributed by atoms with Gasteiger partial charge in [0.05, 0.1) is 41.3 Å². The molecule has 1 amide bonds. The maximum atomic E-state index is 15.1. The lowest BCUT2D eigenvalue weighted by Gasteiger charge is -2.38. The van der Waals surface area contributed by atoms with Crippen LogP contribution in [0.25, 0.3) is 0 Å². The van der Waals surface area contributed by atoms with Gasteiger partial charge in [-0.25, -0.2) is 0 Å². The number of likely N-dealkylation sites (tertiary alicyclic amines) is 1. The van der Waals surface area contributed by atoms with Crippen LogP contribution in [0.3, 0.4) is 0 Å². The van der Waals surface area contributed by atoms with Crippen LogP contribution in [0.2, 0.25) is 0 Å². The molecule has 4 aliphatic heterocycles. The summed E-state index contributed by atoms with van der Waals surface area (Å²) in [7, 11) is 1.44. The molecule has 0 saturated carbocycles. The van der Waals surface area contributed by atoms with Gasteiger partial charge in [0, 0.05) is 68.9 Å². The number of allylic oxidation sites excluding steroid dienone is 4. The van der Waals surface area contributed by atoms with E-state index < -0.39 is 94.4 Å². The summed E-state index contributed by atoms with van der Waals surface area (Å²) >= 11 is 0. The fourth-order valence-electron chi connectivity index (χ4n) is 9.29. The summed E-state index contributed by atoms with van der Waals surface area (Å²) in [5.41, 5.74) is -0.0546.